The molecule has 0 aliphatic carbocycles. The summed E-state index contributed by atoms with van der Waals surface area (Å²) in [7, 11) is 3.98. The molecule has 3 rings (SSSR count). The quantitative estimate of drug-likeness (QED) is 0.936. The highest BCUT2D eigenvalue weighted by Gasteiger charge is 2.22. The van der Waals surface area contributed by atoms with E-state index in [9.17, 15) is 0 Å². The Morgan fingerprint density at radius 2 is 2.24 bits per heavy atom. The molecule has 0 unspecified atom stereocenters. The Morgan fingerprint density at radius 1 is 1.33 bits per heavy atom. The van der Waals surface area contributed by atoms with Crippen molar-refractivity contribution in [2.75, 3.05) is 25.5 Å². The van der Waals surface area contributed by atoms with E-state index in [1.807, 2.05) is 25.6 Å². The number of pyridine rings is 1. The summed E-state index contributed by atoms with van der Waals surface area (Å²) >= 11 is 0. The van der Waals surface area contributed by atoms with Crippen molar-refractivity contribution in [2.24, 2.45) is 7.05 Å². The molecule has 1 N–H and O–H groups in total. The molecule has 5 heteroatoms. The zero-order valence-corrected chi connectivity index (χ0v) is 12.8. The smallest absolute Gasteiger partial charge is 0.125 e. The lowest BCUT2D eigenvalue weighted by atomic mass is 9.91. The second kappa shape index (κ2) is 6.26. The van der Waals surface area contributed by atoms with Gasteiger partial charge in [0.1, 0.15) is 11.6 Å². The van der Waals surface area contributed by atoms with Crippen LogP contribution in [0.4, 0.5) is 5.82 Å². The highest BCUT2D eigenvalue weighted by atomic mass is 15.2. The summed E-state index contributed by atoms with van der Waals surface area (Å²) in [5.74, 6) is 2.68. The minimum atomic E-state index is 0.592. The first-order valence-electron chi connectivity index (χ1n) is 7.58. The number of aryl methyl sites for hydroxylation is 1. The summed E-state index contributed by atoms with van der Waals surface area (Å²) < 4.78 is 2.11. The molecule has 0 aromatic carbocycles. The molecule has 1 aliphatic heterocycles. The summed E-state index contributed by atoms with van der Waals surface area (Å²) in [5, 5.41) is 3.12. The van der Waals surface area contributed by atoms with Crippen LogP contribution in [0.25, 0.3) is 0 Å². The number of nitrogens with one attached hydrogen (secondary N) is 1. The monoisotopic (exact) mass is 285 g/mol. The molecular weight excluding hydrogens is 262 g/mol. The van der Waals surface area contributed by atoms with Crippen LogP contribution in [0, 0.1) is 0 Å². The van der Waals surface area contributed by atoms with E-state index in [0.717, 1.165) is 31.3 Å². The van der Waals surface area contributed by atoms with Crippen molar-refractivity contribution >= 4 is 5.82 Å². The maximum atomic E-state index is 4.44. The van der Waals surface area contributed by atoms with Crippen molar-refractivity contribution in [3.8, 4) is 0 Å². The Morgan fingerprint density at radius 3 is 3.00 bits per heavy atom. The van der Waals surface area contributed by atoms with Crippen LogP contribution in [0.3, 0.4) is 0 Å². The van der Waals surface area contributed by atoms with Crippen LogP contribution >= 0.6 is 0 Å². The second-order valence-electron chi connectivity index (χ2n) is 5.75. The van der Waals surface area contributed by atoms with Crippen molar-refractivity contribution in [1.82, 2.24) is 19.4 Å². The average Bonchev–Trinajstić information content (AvgIpc) is 2.93. The predicted octanol–water partition coefficient (Wildman–Crippen LogP) is 2.24. The van der Waals surface area contributed by atoms with Gasteiger partial charge in [-0.1, -0.05) is 0 Å². The molecule has 112 valence electrons. The van der Waals surface area contributed by atoms with E-state index in [1.54, 1.807) is 0 Å². The Bertz CT molecular complexity index is 592. The number of anilines is 1. The third kappa shape index (κ3) is 3.24. The van der Waals surface area contributed by atoms with Gasteiger partial charge < -0.3 is 9.88 Å². The van der Waals surface area contributed by atoms with Crippen LogP contribution in [-0.4, -0.2) is 39.6 Å². The molecule has 0 spiro atoms. The fourth-order valence-corrected chi connectivity index (χ4v) is 3.06. The molecule has 1 atom stereocenters. The first-order valence-corrected chi connectivity index (χ1v) is 7.58. The van der Waals surface area contributed by atoms with Gasteiger partial charge in [-0.05, 0) is 43.0 Å². The zero-order chi connectivity index (χ0) is 14.7. The topological polar surface area (TPSA) is 46.0 Å². The molecule has 1 aliphatic rings. The highest BCUT2D eigenvalue weighted by Crippen LogP contribution is 2.28. The number of nitrogens with zero attached hydrogens (tertiary/aromatic N) is 4. The fraction of sp³-hybridized carbons (Fsp3) is 0.500. The standard InChI is InChI=1S/C16H23N5/c1-17-15-10-13(5-6-18-15)14-4-3-8-21(11-14)12-16-19-7-9-20(16)2/h5-7,9-10,14H,3-4,8,11-12H2,1-2H3,(H,17,18)/t14-/m1/s1. The molecular formula is C16H23N5. The number of hydrogen-bond donors (Lipinski definition) is 1. The molecule has 21 heavy (non-hydrogen) atoms. The lowest BCUT2D eigenvalue weighted by Crippen LogP contribution is -2.34. The average molecular weight is 285 g/mol. The highest BCUT2D eigenvalue weighted by molar-refractivity contribution is 5.38. The molecule has 1 saturated heterocycles. The van der Waals surface area contributed by atoms with Crippen LogP contribution in [0.1, 0.15) is 30.1 Å². The molecule has 0 radical (unpaired) electrons. The number of rotatable bonds is 4. The first kappa shape index (κ1) is 14.1. The van der Waals surface area contributed by atoms with Gasteiger partial charge in [-0.3, -0.25) is 4.90 Å². The maximum absolute atomic E-state index is 4.44. The Balaban J connectivity index is 1.69. The van der Waals surface area contributed by atoms with E-state index in [1.165, 1.54) is 18.4 Å². The Hall–Kier alpha value is -1.88. The summed E-state index contributed by atoms with van der Waals surface area (Å²) in [6, 6.07) is 4.32. The Kier molecular flexibility index (Phi) is 4.20. The minimum absolute atomic E-state index is 0.592. The first-order chi connectivity index (χ1) is 10.3. The van der Waals surface area contributed by atoms with Crippen molar-refractivity contribution in [1.29, 1.82) is 0 Å². The van der Waals surface area contributed by atoms with E-state index in [0.29, 0.717) is 5.92 Å². The van der Waals surface area contributed by atoms with Gasteiger partial charge in [0.05, 0.1) is 6.54 Å². The fourth-order valence-electron chi connectivity index (χ4n) is 3.06. The molecule has 2 aromatic heterocycles. The summed E-state index contributed by atoms with van der Waals surface area (Å²) in [4.78, 5) is 11.3. The summed E-state index contributed by atoms with van der Waals surface area (Å²) in [6.07, 6.45) is 8.28. The van der Waals surface area contributed by atoms with E-state index < -0.39 is 0 Å². The zero-order valence-electron chi connectivity index (χ0n) is 12.8. The second-order valence-corrected chi connectivity index (χ2v) is 5.75. The van der Waals surface area contributed by atoms with Gasteiger partial charge >= 0.3 is 0 Å². The van der Waals surface area contributed by atoms with Gasteiger partial charge in [-0.2, -0.15) is 0 Å². The van der Waals surface area contributed by atoms with Crippen LogP contribution in [0.5, 0.6) is 0 Å². The predicted molar refractivity (Wildman–Crippen MR) is 84.2 cm³/mol. The van der Waals surface area contributed by atoms with Gasteiger partial charge in [-0.15, -0.1) is 0 Å². The number of likely N-dealkylation sites (tertiary alicyclic amines) is 1. The maximum Gasteiger partial charge on any atom is 0.125 e. The molecule has 2 aromatic rings. The molecule has 0 saturated carbocycles. The SMILES string of the molecule is CNc1cc([C@@H]2CCCN(Cc3nccn3C)C2)ccn1. The van der Waals surface area contributed by atoms with Crippen molar-refractivity contribution in [2.45, 2.75) is 25.3 Å². The lowest BCUT2D eigenvalue weighted by Gasteiger charge is -2.32. The third-order valence-corrected chi connectivity index (χ3v) is 4.30. The number of piperidine rings is 1. The van der Waals surface area contributed by atoms with Gasteiger partial charge in [0, 0.05) is 39.2 Å². The normalized spacial score (nSPS) is 19.6. The van der Waals surface area contributed by atoms with Gasteiger partial charge in [-0.25, -0.2) is 9.97 Å². The van der Waals surface area contributed by atoms with Crippen LogP contribution in [0.15, 0.2) is 30.7 Å². The van der Waals surface area contributed by atoms with Crippen molar-refractivity contribution < 1.29 is 0 Å². The molecule has 1 fully saturated rings. The van der Waals surface area contributed by atoms with Crippen molar-refractivity contribution in [3.63, 3.8) is 0 Å². The molecule has 0 amide bonds. The van der Waals surface area contributed by atoms with Gasteiger partial charge in [0.15, 0.2) is 0 Å². The van der Waals surface area contributed by atoms with Crippen LogP contribution in [0.2, 0.25) is 0 Å². The number of hydrogen-bond acceptors (Lipinski definition) is 4. The molecule has 3 heterocycles. The van der Waals surface area contributed by atoms with Gasteiger partial charge in [0.2, 0.25) is 0 Å². The summed E-state index contributed by atoms with van der Waals surface area (Å²) in [6.45, 7) is 3.19. The minimum Gasteiger partial charge on any atom is -0.373 e. The van der Waals surface area contributed by atoms with Crippen LogP contribution in [-0.2, 0) is 13.6 Å². The van der Waals surface area contributed by atoms with Gasteiger partial charge in [0.25, 0.3) is 0 Å². The van der Waals surface area contributed by atoms with E-state index in [2.05, 4.69) is 43.9 Å². The molecule has 5 nitrogen and oxygen atoms in total. The van der Waals surface area contributed by atoms with E-state index >= 15 is 0 Å². The number of imidazole rings is 1. The Labute approximate surface area is 126 Å². The lowest BCUT2D eigenvalue weighted by molar-refractivity contribution is 0.194. The van der Waals surface area contributed by atoms with E-state index in [4.69, 9.17) is 0 Å². The summed E-state index contributed by atoms with van der Waals surface area (Å²) in [5.41, 5.74) is 1.39. The van der Waals surface area contributed by atoms with Crippen molar-refractivity contribution in [3.05, 3.63) is 42.1 Å². The number of aromatic nitrogens is 3. The third-order valence-electron chi connectivity index (χ3n) is 4.30. The molecule has 0 bridgehead atoms. The van der Waals surface area contributed by atoms with Crippen LogP contribution < -0.4 is 5.32 Å². The van der Waals surface area contributed by atoms with E-state index in [-0.39, 0.29) is 0 Å². The largest absolute Gasteiger partial charge is 0.373 e.